The van der Waals surface area contributed by atoms with Crippen LogP contribution in [0.1, 0.15) is 36.2 Å². The molecule has 5 nitrogen and oxygen atoms in total. The Kier molecular flexibility index (Phi) is 3.84. The van der Waals surface area contributed by atoms with Crippen molar-refractivity contribution in [3.8, 4) is 10.6 Å². The third-order valence-electron chi connectivity index (χ3n) is 3.64. The number of aromatic amines is 1. The summed E-state index contributed by atoms with van der Waals surface area (Å²) >= 11 is 1.59. The highest BCUT2D eigenvalue weighted by Crippen LogP contribution is 2.23. The van der Waals surface area contributed by atoms with E-state index < -0.39 is 6.10 Å². The first-order chi connectivity index (χ1) is 9.74. The van der Waals surface area contributed by atoms with Gasteiger partial charge in [-0.3, -0.25) is 9.89 Å². The number of amides is 1. The van der Waals surface area contributed by atoms with Gasteiger partial charge >= 0.3 is 0 Å². The van der Waals surface area contributed by atoms with Crippen molar-refractivity contribution in [2.24, 2.45) is 0 Å². The third kappa shape index (κ3) is 2.76. The van der Waals surface area contributed by atoms with E-state index >= 15 is 0 Å². The van der Waals surface area contributed by atoms with E-state index in [0.717, 1.165) is 36.3 Å². The summed E-state index contributed by atoms with van der Waals surface area (Å²) < 4.78 is 0. The molecule has 0 bridgehead atoms. The number of H-pyrrole nitrogens is 1. The zero-order chi connectivity index (χ0) is 13.9. The van der Waals surface area contributed by atoms with Crippen molar-refractivity contribution < 1.29 is 9.90 Å². The highest BCUT2D eigenvalue weighted by molar-refractivity contribution is 7.13. The summed E-state index contributed by atoms with van der Waals surface area (Å²) in [7, 11) is 0. The largest absolute Gasteiger partial charge is 0.391 e. The summed E-state index contributed by atoms with van der Waals surface area (Å²) in [5.41, 5.74) is 1.21. The van der Waals surface area contributed by atoms with Gasteiger partial charge in [0.25, 0.3) is 5.91 Å². The molecule has 1 aliphatic rings. The highest BCUT2D eigenvalue weighted by atomic mass is 32.1. The quantitative estimate of drug-likeness (QED) is 0.811. The molecule has 2 aromatic heterocycles. The molecule has 3 N–H and O–H groups in total. The Balaban J connectivity index is 1.68. The molecule has 1 fully saturated rings. The van der Waals surface area contributed by atoms with E-state index in [1.807, 2.05) is 17.5 Å². The van der Waals surface area contributed by atoms with Gasteiger partial charge in [0.05, 0.1) is 22.7 Å². The van der Waals surface area contributed by atoms with Gasteiger partial charge in [0.15, 0.2) is 5.69 Å². The van der Waals surface area contributed by atoms with Crippen molar-refractivity contribution in [2.45, 2.75) is 37.8 Å². The van der Waals surface area contributed by atoms with Crippen molar-refractivity contribution >= 4 is 17.2 Å². The summed E-state index contributed by atoms with van der Waals surface area (Å²) in [5.74, 6) is -0.227. The number of rotatable bonds is 3. The highest BCUT2D eigenvalue weighted by Gasteiger charge is 2.25. The lowest BCUT2D eigenvalue weighted by molar-refractivity contribution is 0.0714. The maximum atomic E-state index is 12.1. The number of aliphatic hydroxyl groups is 1. The van der Waals surface area contributed by atoms with Gasteiger partial charge in [-0.1, -0.05) is 18.9 Å². The zero-order valence-electron chi connectivity index (χ0n) is 11.0. The zero-order valence-corrected chi connectivity index (χ0v) is 11.8. The molecule has 6 heteroatoms. The summed E-state index contributed by atoms with van der Waals surface area (Å²) in [6, 6.07) is 5.53. The Morgan fingerprint density at radius 1 is 1.45 bits per heavy atom. The second-order valence-electron chi connectivity index (χ2n) is 5.08. The number of thiophene rings is 1. The number of aromatic nitrogens is 2. The van der Waals surface area contributed by atoms with Gasteiger partial charge in [-0.2, -0.15) is 5.10 Å². The van der Waals surface area contributed by atoms with Crippen molar-refractivity contribution in [2.75, 3.05) is 0 Å². The molecule has 1 aliphatic carbocycles. The summed E-state index contributed by atoms with van der Waals surface area (Å²) in [4.78, 5) is 13.2. The van der Waals surface area contributed by atoms with Crippen LogP contribution < -0.4 is 5.32 Å². The molecule has 106 valence electrons. The lowest BCUT2D eigenvalue weighted by Gasteiger charge is -2.27. The minimum atomic E-state index is -0.441. The Morgan fingerprint density at radius 2 is 2.30 bits per heavy atom. The predicted octanol–water partition coefficient (Wildman–Crippen LogP) is 2.17. The van der Waals surface area contributed by atoms with Crippen molar-refractivity contribution in [1.29, 1.82) is 0 Å². The first-order valence-corrected chi connectivity index (χ1v) is 7.70. The number of nitrogens with zero attached hydrogens (tertiary/aromatic N) is 1. The van der Waals surface area contributed by atoms with Crippen molar-refractivity contribution in [3.63, 3.8) is 0 Å². The maximum Gasteiger partial charge on any atom is 0.272 e. The van der Waals surface area contributed by atoms with Crippen LogP contribution in [0, 0.1) is 0 Å². The van der Waals surface area contributed by atoms with E-state index in [9.17, 15) is 9.90 Å². The Morgan fingerprint density at radius 3 is 3.05 bits per heavy atom. The number of hydrogen-bond donors (Lipinski definition) is 3. The first kappa shape index (κ1) is 13.3. The van der Waals surface area contributed by atoms with Gasteiger partial charge in [-0.25, -0.2) is 0 Å². The Labute approximate surface area is 121 Å². The second kappa shape index (κ2) is 5.76. The summed E-state index contributed by atoms with van der Waals surface area (Å²) in [6.07, 6.45) is 3.21. The molecule has 1 saturated carbocycles. The average molecular weight is 291 g/mol. The van der Waals surface area contributed by atoms with Crippen molar-refractivity contribution in [3.05, 3.63) is 29.3 Å². The van der Waals surface area contributed by atoms with Crippen LogP contribution in [0.5, 0.6) is 0 Å². The fraction of sp³-hybridized carbons (Fsp3) is 0.429. The van der Waals surface area contributed by atoms with E-state index in [0.29, 0.717) is 5.69 Å². The van der Waals surface area contributed by atoms with Crippen LogP contribution >= 0.6 is 11.3 Å². The molecule has 2 aromatic rings. The molecule has 1 amide bonds. The predicted molar refractivity (Wildman–Crippen MR) is 77.6 cm³/mol. The van der Waals surface area contributed by atoms with E-state index in [-0.39, 0.29) is 11.9 Å². The molecule has 3 rings (SSSR count). The fourth-order valence-electron chi connectivity index (χ4n) is 2.52. The van der Waals surface area contributed by atoms with E-state index in [1.54, 1.807) is 17.4 Å². The van der Waals surface area contributed by atoms with Gasteiger partial charge in [-0.15, -0.1) is 11.3 Å². The summed E-state index contributed by atoms with van der Waals surface area (Å²) in [6.45, 7) is 0. The van der Waals surface area contributed by atoms with Crippen LogP contribution in [0.4, 0.5) is 0 Å². The standard InChI is InChI=1S/C14H17N3O2S/c18-12-5-2-1-4-9(12)15-14(19)11-8-10(16-17-11)13-6-3-7-20-13/h3,6-9,12,18H,1-2,4-5H2,(H,15,19)(H,16,17). The molecule has 2 unspecified atom stereocenters. The van der Waals surface area contributed by atoms with Gasteiger partial charge in [-0.05, 0) is 30.4 Å². The second-order valence-corrected chi connectivity index (χ2v) is 6.02. The molecular weight excluding hydrogens is 274 g/mol. The average Bonchev–Trinajstić information content (AvgIpc) is 3.11. The minimum Gasteiger partial charge on any atom is -0.391 e. The van der Waals surface area contributed by atoms with Crippen molar-refractivity contribution in [1.82, 2.24) is 15.5 Å². The molecule has 2 heterocycles. The smallest absolute Gasteiger partial charge is 0.272 e. The molecule has 2 atom stereocenters. The maximum absolute atomic E-state index is 12.1. The van der Waals surface area contributed by atoms with E-state index in [2.05, 4.69) is 15.5 Å². The number of aliphatic hydroxyl groups excluding tert-OH is 1. The molecule has 0 aliphatic heterocycles. The minimum absolute atomic E-state index is 0.155. The lowest BCUT2D eigenvalue weighted by Crippen LogP contribution is -2.45. The van der Waals surface area contributed by atoms with Gasteiger partial charge in [0.1, 0.15) is 0 Å². The van der Waals surface area contributed by atoms with E-state index in [4.69, 9.17) is 0 Å². The Bertz CT molecular complexity index is 579. The van der Waals surface area contributed by atoms with Crippen LogP contribution in [-0.2, 0) is 0 Å². The fourth-order valence-corrected chi connectivity index (χ4v) is 3.21. The molecule has 0 radical (unpaired) electrons. The van der Waals surface area contributed by atoms with Crippen LogP contribution in [-0.4, -0.2) is 33.4 Å². The van der Waals surface area contributed by atoms with Gasteiger partial charge < -0.3 is 10.4 Å². The SMILES string of the molecule is O=C(NC1CCCCC1O)c1cc(-c2cccs2)[nH]n1. The van der Waals surface area contributed by atoms with Crippen LogP contribution in [0.2, 0.25) is 0 Å². The van der Waals surface area contributed by atoms with E-state index in [1.165, 1.54) is 0 Å². The molecule has 20 heavy (non-hydrogen) atoms. The molecule has 0 aromatic carbocycles. The topological polar surface area (TPSA) is 78.0 Å². The van der Waals surface area contributed by atoms with Crippen LogP contribution in [0.3, 0.4) is 0 Å². The molecular formula is C14H17N3O2S. The number of nitrogens with one attached hydrogen (secondary N) is 2. The normalized spacial score (nSPS) is 22.6. The van der Waals surface area contributed by atoms with Crippen LogP contribution in [0.25, 0.3) is 10.6 Å². The van der Waals surface area contributed by atoms with Gasteiger partial charge in [0.2, 0.25) is 0 Å². The molecule has 0 saturated heterocycles. The number of carbonyl (C=O) groups is 1. The number of carbonyl (C=O) groups excluding carboxylic acids is 1. The Hall–Kier alpha value is -1.66. The van der Waals surface area contributed by atoms with Crippen LogP contribution in [0.15, 0.2) is 23.6 Å². The van der Waals surface area contributed by atoms with Gasteiger partial charge in [0, 0.05) is 0 Å². The summed E-state index contributed by atoms with van der Waals surface area (Å²) in [5, 5.41) is 21.7. The monoisotopic (exact) mass is 291 g/mol. The third-order valence-corrected chi connectivity index (χ3v) is 4.55. The number of hydrogen-bond acceptors (Lipinski definition) is 4. The lowest BCUT2D eigenvalue weighted by atomic mass is 9.92. The first-order valence-electron chi connectivity index (χ1n) is 6.82. The molecule has 0 spiro atoms.